The van der Waals surface area contributed by atoms with E-state index in [1.807, 2.05) is 31.2 Å². The molecule has 2 atom stereocenters. The fraction of sp³-hybridized carbons (Fsp3) is 0.474. The van der Waals surface area contributed by atoms with Crippen molar-refractivity contribution in [2.24, 2.45) is 0 Å². The Hall–Kier alpha value is -2.34. The predicted octanol–water partition coefficient (Wildman–Crippen LogP) is 2.08. The number of esters is 1. The molecule has 0 radical (unpaired) electrons. The van der Waals surface area contributed by atoms with Crippen LogP contribution in [0.25, 0.3) is 6.08 Å². The van der Waals surface area contributed by atoms with Crippen molar-refractivity contribution in [1.29, 1.82) is 0 Å². The van der Waals surface area contributed by atoms with E-state index in [4.69, 9.17) is 14.2 Å². The average molecular weight is 345 g/mol. The van der Waals surface area contributed by atoms with Crippen molar-refractivity contribution in [2.45, 2.75) is 38.4 Å². The van der Waals surface area contributed by atoms with Gasteiger partial charge in [0, 0.05) is 18.7 Å². The Labute approximate surface area is 147 Å². The van der Waals surface area contributed by atoms with Crippen LogP contribution in [0.3, 0.4) is 0 Å². The monoisotopic (exact) mass is 345 g/mol. The van der Waals surface area contributed by atoms with Gasteiger partial charge in [0.1, 0.15) is 12.4 Å². The smallest absolute Gasteiger partial charge is 0.338 e. The number of ether oxygens (including phenoxy) is 3. The molecule has 134 valence electrons. The highest BCUT2D eigenvalue weighted by Gasteiger charge is 2.26. The second kappa shape index (κ2) is 8.16. The molecular formula is C19H23NO5. The van der Waals surface area contributed by atoms with Crippen molar-refractivity contribution in [1.82, 2.24) is 5.32 Å². The number of para-hydroxylation sites is 1. The summed E-state index contributed by atoms with van der Waals surface area (Å²) in [5.41, 5.74) is 1.24. The summed E-state index contributed by atoms with van der Waals surface area (Å²) < 4.78 is 16.4. The highest BCUT2D eigenvalue weighted by molar-refractivity contribution is 5.96. The molecule has 1 saturated heterocycles. The number of hydrogen-bond acceptors (Lipinski definition) is 5. The van der Waals surface area contributed by atoms with Crippen LogP contribution in [0.2, 0.25) is 0 Å². The summed E-state index contributed by atoms with van der Waals surface area (Å²) in [6.45, 7) is 3.14. The van der Waals surface area contributed by atoms with Crippen molar-refractivity contribution in [3.63, 3.8) is 0 Å². The van der Waals surface area contributed by atoms with Crippen LogP contribution in [0.15, 0.2) is 29.8 Å². The zero-order valence-electron chi connectivity index (χ0n) is 14.3. The van der Waals surface area contributed by atoms with Crippen LogP contribution in [0.1, 0.15) is 31.7 Å². The maximum Gasteiger partial charge on any atom is 0.338 e. The summed E-state index contributed by atoms with van der Waals surface area (Å²) in [5, 5.41) is 2.81. The molecule has 1 aromatic rings. The van der Waals surface area contributed by atoms with Gasteiger partial charge in [-0.15, -0.1) is 0 Å². The SMILES string of the molecule is CCC(OC(=O)C1=Cc2ccccc2OC1)C(=O)NCC1CCCO1. The molecule has 0 saturated carbocycles. The minimum atomic E-state index is -0.813. The second-order valence-electron chi connectivity index (χ2n) is 6.18. The molecule has 2 aliphatic rings. The lowest BCUT2D eigenvalue weighted by atomic mass is 10.1. The number of fused-ring (bicyclic) bond motifs is 1. The first-order valence-electron chi connectivity index (χ1n) is 8.70. The van der Waals surface area contributed by atoms with E-state index >= 15 is 0 Å². The zero-order valence-corrected chi connectivity index (χ0v) is 14.3. The van der Waals surface area contributed by atoms with Gasteiger partial charge in [0.15, 0.2) is 6.10 Å². The minimum absolute atomic E-state index is 0.0584. The molecule has 25 heavy (non-hydrogen) atoms. The van der Waals surface area contributed by atoms with Crippen LogP contribution in [0, 0.1) is 0 Å². The van der Waals surface area contributed by atoms with Crippen molar-refractivity contribution in [3.05, 3.63) is 35.4 Å². The van der Waals surface area contributed by atoms with Crippen LogP contribution in [-0.2, 0) is 19.1 Å². The number of benzene rings is 1. The average Bonchev–Trinajstić information content (AvgIpc) is 3.17. The Kier molecular flexibility index (Phi) is 5.71. The van der Waals surface area contributed by atoms with Crippen molar-refractivity contribution in [2.75, 3.05) is 19.8 Å². The van der Waals surface area contributed by atoms with Crippen LogP contribution >= 0.6 is 0 Å². The van der Waals surface area contributed by atoms with E-state index in [9.17, 15) is 9.59 Å². The van der Waals surface area contributed by atoms with Crippen molar-refractivity contribution >= 4 is 18.0 Å². The van der Waals surface area contributed by atoms with Crippen molar-refractivity contribution < 1.29 is 23.8 Å². The molecular weight excluding hydrogens is 322 g/mol. The van der Waals surface area contributed by atoms with E-state index in [1.165, 1.54) is 0 Å². The molecule has 2 heterocycles. The third kappa shape index (κ3) is 4.39. The third-order valence-corrected chi connectivity index (χ3v) is 4.33. The van der Waals surface area contributed by atoms with Gasteiger partial charge in [-0.25, -0.2) is 4.79 Å². The fourth-order valence-corrected chi connectivity index (χ4v) is 2.89. The van der Waals surface area contributed by atoms with E-state index in [-0.39, 0.29) is 18.6 Å². The molecule has 1 amide bonds. The van der Waals surface area contributed by atoms with Crippen LogP contribution in [-0.4, -0.2) is 43.8 Å². The van der Waals surface area contributed by atoms with Crippen molar-refractivity contribution in [3.8, 4) is 5.75 Å². The number of carbonyl (C=O) groups excluding carboxylic acids is 2. The largest absolute Gasteiger partial charge is 0.488 e. The summed E-state index contributed by atoms with van der Waals surface area (Å²) in [6.07, 6.45) is 3.37. The Morgan fingerprint density at radius 2 is 2.20 bits per heavy atom. The van der Waals surface area contributed by atoms with E-state index < -0.39 is 12.1 Å². The van der Waals surface area contributed by atoms with Gasteiger partial charge >= 0.3 is 5.97 Å². The Bertz CT molecular complexity index is 664. The lowest BCUT2D eigenvalue weighted by Crippen LogP contribution is -2.41. The number of amides is 1. The van der Waals surface area contributed by atoms with E-state index in [0.717, 1.165) is 30.8 Å². The zero-order chi connectivity index (χ0) is 17.6. The molecule has 2 unspecified atom stereocenters. The number of nitrogens with one attached hydrogen (secondary N) is 1. The first-order valence-corrected chi connectivity index (χ1v) is 8.70. The van der Waals surface area contributed by atoms with Gasteiger partial charge in [-0.1, -0.05) is 25.1 Å². The number of rotatable bonds is 6. The lowest BCUT2D eigenvalue weighted by Gasteiger charge is -2.20. The van der Waals surface area contributed by atoms with E-state index in [2.05, 4.69) is 5.32 Å². The van der Waals surface area contributed by atoms with Gasteiger partial charge < -0.3 is 19.5 Å². The number of hydrogen-bond donors (Lipinski definition) is 1. The highest BCUT2D eigenvalue weighted by atomic mass is 16.6. The minimum Gasteiger partial charge on any atom is -0.488 e. The number of carbonyl (C=O) groups is 2. The van der Waals surface area contributed by atoms with Crippen LogP contribution in [0.4, 0.5) is 0 Å². The van der Waals surface area contributed by atoms with E-state index in [1.54, 1.807) is 6.08 Å². The molecule has 3 rings (SSSR count). The maximum atomic E-state index is 12.4. The second-order valence-corrected chi connectivity index (χ2v) is 6.18. The van der Waals surface area contributed by atoms with Gasteiger partial charge in [-0.2, -0.15) is 0 Å². The molecule has 1 aromatic carbocycles. The van der Waals surface area contributed by atoms with Crippen LogP contribution < -0.4 is 10.1 Å². The molecule has 0 aliphatic carbocycles. The third-order valence-electron chi connectivity index (χ3n) is 4.33. The summed E-state index contributed by atoms with van der Waals surface area (Å²) >= 11 is 0. The predicted molar refractivity (Wildman–Crippen MR) is 92.1 cm³/mol. The molecule has 6 heteroatoms. The maximum absolute atomic E-state index is 12.4. The first kappa shape index (κ1) is 17.5. The topological polar surface area (TPSA) is 73.9 Å². The summed E-state index contributed by atoms with van der Waals surface area (Å²) in [6, 6.07) is 7.47. The quantitative estimate of drug-likeness (QED) is 0.799. The summed E-state index contributed by atoms with van der Waals surface area (Å²) in [7, 11) is 0. The first-order chi connectivity index (χ1) is 12.2. The highest BCUT2D eigenvalue weighted by Crippen LogP contribution is 2.26. The van der Waals surface area contributed by atoms with Gasteiger partial charge in [0.2, 0.25) is 0 Å². The van der Waals surface area contributed by atoms with E-state index in [0.29, 0.717) is 18.5 Å². The summed E-state index contributed by atoms with van der Waals surface area (Å²) in [5.74, 6) is -0.0712. The lowest BCUT2D eigenvalue weighted by molar-refractivity contribution is -0.152. The van der Waals surface area contributed by atoms with Gasteiger partial charge in [0.05, 0.1) is 11.7 Å². The molecule has 0 aromatic heterocycles. The van der Waals surface area contributed by atoms with Gasteiger partial charge in [-0.05, 0) is 31.4 Å². The molecule has 1 N–H and O–H groups in total. The normalized spacial score (nSPS) is 20.0. The Morgan fingerprint density at radius 3 is 2.96 bits per heavy atom. The molecule has 2 aliphatic heterocycles. The Balaban J connectivity index is 1.56. The summed E-state index contributed by atoms with van der Waals surface area (Å²) in [4.78, 5) is 24.6. The molecule has 1 fully saturated rings. The molecule has 0 bridgehead atoms. The Morgan fingerprint density at radius 1 is 1.36 bits per heavy atom. The fourth-order valence-electron chi connectivity index (χ4n) is 2.89. The molecule has 6 nitrogen and oxygen atoms in total. The van der Waals surface area contributed by atoms with Crippen LogP contribution in [0.5, 0.6) is 5.75 Å². The van der Waals surface area contributed by atoms with Gasteiger partial charge in [-0.3, -0.25) is 4.79 Å². The molecule has 0 spiro atoms. The van der Waals surface area contributed by atoms with Gasteiger partial charge in [0.25, 0.3) is 5.91 Å². The standard InChI is InChI=1S/C19H23NO5/c1-2-16(18(21)20-11-15-7-5-9-23-15)25-19(22)14-10-13-6-3-4-8-17(13)24-12-14/h3-4,6,8,10,15-16H,2,5,7,9,11-12H2,1H3,(H,20,21).